The van der Waals surface area contributed by atoms with Gasteiger partial charge in [0.15, 0.2) is 0 Å². The van der Waals surface area contributed by atoms with E-state index in [1.54, 1.807) is 0 Å². The van der Waals surface area contributed by atoms with Gasteiger partial charge in [0.2, 0.25) is 0 Å². The Bertz CT molecular complexity index is 981. The van der Waals surface area contributed by atoms with E-state index in [9.17, 15) is 4.79 Å². The Kier molecular flexibility index (Phi) is 4.91. The van der Waals surface area contributed by atoms with Crippen molar-refractivity contribution in [3.63, 3.8) is 0 Å². The molecule has 1 aliphatic carbocycles. The van der Waals surface area contributed by atoms with Crippen molar-refractivity contribution >= 4 is 6.09 Å². The lowest BCUT2D eigenvalue weighted by atomic mass is 9.76. The summed E-state index contributed by atoms with van der Waals surface area (Å²) < 4.78 is 5.45. The van der Waals surface area contributed by atoms with Gasteiger partial charge in [-0.1, -0.05) is 54.6 Å². The van der Waals surface area contributed by atoms with Gasteiger partial charge >= 0.3 is 6.09 Å². The highest BCUT2D eigenvalue weighted by Crippen LogP contribution is 2.40. The normalized spacial score (nSPS) is 15.4. The average Bonchev–Trinajstić information content (AvgIpc) is 3.14. The van der Waals surface area contributed by atoms with E-state index in [0.29, 0.717) is 0 Å². The quantitative estimate of drug-likeness (QED) is 0.606. The van der Waals surface area contributed by atoms with Crippen molar-refractivity contribution in [1.82, 2.24) is 15.3 Å². The zero-order valence-electron chi connectivity index (χ0n) is 17.2. The first-order valence-electron chi connectivity index (χ1n) is 10.1. The van der Waals surface area contributed by atoms with E-state index in [-0.39, 0.29) is 0 Å². The number of rotatable bonds is 4. The molecule has 4 rings (SSSR count). The number of amides is 1. The highest BCUT2D eigenvalue weighted by Gasteiger charge is 2.43. The van der Waals surface area contributed by atoms with Crippen LogP contribution in [0.15, 0.2) is 60.8 Å². The zero-order valence-corrected chi connectivity index (χ0v) is 17.2. The zero-order chi connectivity index (χ0) is 20.5. The maximum Gasteiger partial charge on any atom is 0.408 e. The van der Waals surface area contributed by atoms with Gasteiger partial charge in [-0.05, 0) is 56.7 Å². The molecule has 5 heteroatoms. The van der Waals surface area contributed by atoms with Crippen LogP contribution in [0.5, 0.6) is 0 Å². The van der Waals surface area contributed by atoms with Crippen molar-refractivity contribution in [3.05, 3.63) is 66.6 Å². The molecule has 150 valence electrons. The topological polar surface area (TPSA) is 67.0 Å². The van der Waals surface area contributed by atoms with Crippen LogP contribution in [0.25, 0.3) is 22.4 Å². The lowest BCUT2D eigenvalue weighted by molar-refractivity contribution is 0.0366. The number of H-pyrrole nitrogens is 1. The van der Waals surface area contributed by atoms with E-state index in [4.69, 9.17) is 4.74 Å². The molecule has 0 unspecified atom stereocenters. The number of carbonyl (C=O) groups excluding carboxylic acids is 1. The molecule has 1 aromatic heterocycles. The third kappa shape index (κ3) is 4.19. The number of hydrogen-bond acceptors (Lipinski definition) is 3. The second-order valence-electron chi connectivity index (χ2n) is 8.65. The maximum atomic E-state index is 12.3. The Morgan fingerprint density at radius 2 is 1.62 bits per heavy atom. The highest BCUT2D eigenvalue weighted by molar-refractivity contribution is 5.70. The summed E-state index contributed by atoms with van der Waals surface area (Å²) in [6, 6.07) is 18.7. The van der Waals surface area contributed by atoms with E-state index in [1.807, 2.05) is 45.2 Å². The first kappa shape index (κ1) is 19.2. The molecule has 1 fully saturated rings. The molecule has 2 N–H and O–H groups in total. The second-order valence-corrected chi connectivity index (χ2v) is 8.65. The lowest BCUT2D eigenvalue weighted by Crippen LogP contribution is -2.52. The molecule has 5 nitrogen and oxygen atoms in total. The summed E-state index contributed by atoms with van der Waals surface area (Å²) in [5.74, 6) is 0.789. The summed E-state index contributed by atoms with van der Waals surface area (Å²) in [5, 5.41) is 3.04. The molecule has 0 saturated heterocycles. The Labute approximate surface area is 171 Å². The minimum absolute atomic E-state index is 0.401. The summed E-state index contributed by atoms with van der Waals surface area (Å²) in [4.78, 5) is 20.3. The van der Waals surface area contributed by atoms with Crippen molar-refractivity contribution in [1.29, 1.82) is 0 Å². The largest absolute Gasteiger partial charge is 0.444 e. The number of alkyl carbamates (subject to hydrolysis) is 1. The molecule has 0 aliphatic heterocycles. The summed E-state index contributed by atoms with van der Waals surface area (Å²) in [6.07, 6.45) is 4.20. The van der Waals surface area contributed by atoms with Crippen LogP contribution in [0, 0.1) is 0 Å². The van der Waals surface area contributed by atoms with Crippen molar-refractivity contribution in [2.75, 3.05) is 0 Å². The van der Waals surface area contributed by atoms with Gasteiger partial charge in [0.25, 0.3) is 0 Å². The molecule has 0 spiro atoms. The SMILES string of the molecule is CC(C)(C)OC(=O)NC1(c2ncc(-c3ccc(-c4ccccc4)cc3)[nH]2)CCC1. The Balaban J connectivity index is 1.52. The summed E-state index contributed by atoms with van der Waals surface area (Å²) in [5.41, 5.74) is 3.39. The van der Waals surface area contributed by atoms with Gasteiger partial charge in [0.1, 0.15) is 17.0 Å². The number of aromatic nitrogens is 2. The lowest BCUT2D eigenvalue weighted by Gasteiger charge is -2.40. The third-order valence-corrected chi connectivity index (χ3v) is 5.28. The van der Waals surface area contributed by atoms with Gasteiger partial charge in [-0.25, -0.2) is 9.78 Å². The van der Waals surface area contributed by atoms with Gasteiger partial charge in [-0.2, -0.15) is 0 Å². The molecule has 3 aromatic rings. The molecule has 0 radical (unpaired) electrons. The number of hydrogen-bond donors (Lipinski definition) is 2. The van der Waals surface area contributed by atoms with Crippen LogP contribution in [0.4, 0.5) is 4.79 Å². The van der Waals surface area contributed by atoms with Crippen LogP contribution in [0.2, 0.25) is 0 Å². The second kappa shape index (κ2) is 7.39. The Morgan fingerprint density at radius 3 is 2.21 bits per heavy atom. The molecule has 1 aliphatic rings. The number of nitrogens with zero attached hydrogens (tertiary/aromatic N) is 1. The number of nitrogens with one attached hydrogen (secondary N) is 2. The van der Waals surface area contributed by atoms with Crippen molar-refractivity contribution in [3.8, 4) is 22.4 Å². The summed E-state index contributed by atoms with van der Waals surface area (Å²) in [6.45, 7) is 5.60. The number of benzene rings is 2. The fourth-order valence-corrected chi connectivity index (χ4v) is 3.63. The molecule has 1 heterocycles. The number of imidazole rings is 1. The van der Waals surface area contributed by atoms with Gasteiger partial charge in [-0.3, -0.25) is 0 Å². The first-order chi connectivity index (χ1) is 13.8. The van der Waals surface area contributed by atoms with E-state index >= 15 is 0 Å². The minimum Gasteiger partial charge on any atom is -0.444 e. The standard InChI is InChI=1S/C24H27N3O2/c1-23(2,3)29-22(28)27-24(14-7-15-24)21-25-16-20(26-21)19-12-10-18(11-13-19)17-8-5-4-6-9-17/h4-6,8-13,16H,7,14-15H2,1-3H3,(H,25,26)(H,27,28). The number of ether oxygens (including phenoxy) is 1. The van der Waals surface area contributed by atoms with Crippen LogP contribution < -0.4 is 5.32 Å². The number of carbonyl (C=O) groups is 1. The molecule has 2 aromatic carbocycles. The molecule has 0 atom stereocenters. The smallest absolute Gasteiger partial charge is 0.408 e. The first-order valence-corrected chi connectivity index (χ1v) is 10.1. The van der Waals surface area contributed by atoms with E-state index in [2.05, 4.69) is 51.7 Å². The van der Waals surface area contributed by atoms with Gasteiger partial charge in [-0.15, -0.1) is 0 Å². The predicted molar refractivity (Wildman–Crippen MR) is 114 cm³/mol. The summed E-state index contributed by atoms with van der Waals surface area (Å²) >= 11 is 0. The van der Waals surface area contributed by atoms with Gasteiger partial charge in [0, 0.05) is 0 Å². The van der Waals surface area contributed by atoms with Crippen LogP contribution in [0.3, 0.4) is 0 Å². The molecule has 1 saturated carbocycles. The number of aromatic amines is 1. The van der Waals surface area contributed by atoms with Gasteiger partial charge < -0.3 is 15.0 Å². The van der Waals surface area contributed by atoms with Crippen LogP contribution in [-0.4, -0.2) is 21.7 Å². The van der Waals surface area contributed by atoms with E-state index in [1.165, 1.54) is 11.1 Å². The molecule has 29 heavy (non-hydrogen) atoms. The Hall–Kier alpha value is -3.08. The van der Waals surface area contributed by atoms with E-state index < -0.39 is 17.2 Å². The fraction of sp³-hybridized carbons (Fsp3) is 0.333. The third-order valence-electron chi connectivity index (χ3n) is 5.28. The van der Waals surface area contributed by atoms with Crippen molar-refractivity contribution < 1.29 is 9.53 Å². The molecular formula is C24H27N3O2. The molecular weight excluding hydrogens is 362 g/mol. The molecule has 1 amide bonds. The van der Waals surface area contributed by atoms with Crippen molar-refractivity contribution in [2.24, 2.45) is 0 Å². The van der Waals surface area contributed by atoms with Crippen molar-refractivity contribution in [2.45, 2.75) is 51.2 Å². The van der Waals surface area contributed by atoms with Crippen LogP contribution in [0.1, 0.15) is 45.9 Å². The maximum absolute atomic E-state index is 12.3. The minimum atomic E-state index is -0.524. The fourth-order valence-electron chi connectivity index (χ4n) is 3.63. The monoisotopic (exact) mass is 389 g/mol. The van der Waals surface area contributed by atoms with E-state index in [0.717, 1.165) is 36.3 Å². The molecule has 0 bridgehead atoms. The van der Waals surface area contributed by atoms with Crippen LogP contribution >= 0.6 is 0 Å². The highest BCUT2D eigenvalue weighted by atomic mass is 16.6. The van der Waals surface area contributed by atoms with Crippen LogP contribution in [-0.2, 0) is 10.3 Å². The van der Waals surface area contributed by atoms with Gasteiger partial charge in [0.05, 0.1) is 11.9 Å². The Morgan fingerprint density at radius 1 is 1.00 bits per heavy atom. The predicted octanol–water partition coefficient (Wildman–Crippen LogP) is 5.65. The summed E-state index contributed by atoms with van der Waals surface area (Å²) in [7, 11) is 0. The average molecular weight is 389 g/mol.